The van der Waals surface area contributed by atoms with Gasteiger partial charge in [0.1, 0.15) is 0 Å². The molecule has 1 heterocycles. The van der Waals surface area contributed by atoms with Crippen molar-refractivity contribution in [1.82, 2.24) is 10.6 Å². The van der Waals surface area contributed by atoms with Crippen molar-refractivity contribution in [2.45, 2.75) is 33.7 Å². The van der Waals surface area contributed by atoms with E-state index in [0.29, 0.717) is 6.04 Å². The van der Waals surface area contributed by atoms with Gasteiger partial charge in [-0.1, -0.05) is 27.7 Å². The number of amides is 1. The molecule has 80 valence electrons. The lowest BCUT2D eigenvalue weighted by Gasteiger charge is -2.28. The number of rotatable bonds is 2. The van der Waals surface area contributed by atoms with Crippen molar-refractivity contribution >= 4 is 5.91 Å². The molecule has 14 heavy (non-hydrogen) atoms. The van der Waals surface area contributed by atoms with E-state index in [9.17, 15) is 4.79 Å². The van der Waals surface area contributed by atoms with E-state index in [1.54, 1.807) is 0 Å². The molecule has 0 unspecified atom stereocenters. The fraction of sp³-hybridized carbons (Fsp3) is 0.909. The summed E-state index contributed by atoms with van der Waals surface area (Å²) in [6.07, 6.45) is 0. The van der Waals surface area contributed by atoms with Gasteiger partial charge in [0.15, 0.2) is 0 Å². The van der Waals surface area contributed by atoms with Crippen LogP contribution in [0.1, 0.15) is 27.7 Å². The fourth-order valence-electron chi connectivity index (χ4n) is 2.53. The molecule has 0 aromatic heterocycles. The molecule has 2 aliphatic rings. The Hall–Kier alpha value is -0.570. The summed E-state index contributed by atoms with van der Waals surface area (Å²) in [6, 6.07) is 0.370. The molecule has 0 aromatic carbocycles. The van der Waals surface area contributed by atoms with Crippen LogP contribution in [0.4, 0.5) is 0 Å². The van der Waals surface area contributed by atoms with Gasteiger partial charge < -0.3 is 10.6 Å². The van der Waals surface area contributed by atoms with Crippen LogP contribution >= 0.6 is 0 Å². The van der Waals surface area contributed by atoms with E-state index in [1.165, 1.54) is 0 Å². The van der Waals surface area contributed by atoms with Gasteiger partial charge >= 0.3 is 0 Å². The zero-order chi connectivity index (χ0) is 10.6. The van der Waals surface area contributed by atoms with Crippen molar-refractivity contribution in [3.63, 3.8) is 0 Å². The number of carbonyl (C=O) groups is 1. The first-order chi connectivity index (χ1) is 6.37. The van der Waals surface area contributed by atoms with Crippen LogP contribution in [0.5, 0.6) is 0 Å². The van der Waals surface area contributed by atoms with Gasteiger partial charge in [-0.05, 0) is 10.8 Å². The number of nitrogens with one attached hydrogen (secondary N) is 2. The Balaban J connectivity index is 1.94. The predicted octanol–water partition coefficient (Wildman–Crippen LogP) is 0.757. The lowest BCUT2D eigenvalue weighted by molar-refractivity contribution is -0.124. The topological polar surface area (TPSA) is 41.1 Å². The molecule has 0 atom stereocenters. The molecule has 1 aliphatic carbocycles. The van der Waals surface area contributed by atoms with E-state index in [-0.39, 0.29) is 22.7 Å². The molecule has 0 bridgehead atoms. The van der Waals surface area contributed by atoms with E-state index in [0.717, 1.165) is 13.1 Å². The SMILES string of the molecule is CC1(C)C(C(=O)NC2CNC2)C1(C)C. The van der Waals surface area contributed by atoms with Crippen LogP contribution in [-0.2, 0) is 4.79 Å². The maximum Gasteiger partial charge on any atom is 0.224 e. The average Bonchev–Trinajstić information content (AvgIpc) is 2.34. The van der Waals surface area contributed by atoms with Gasteiger partial charge in [0.2, 0.25) is 5.91 Å². The lowest BCUT2D eigenvalue weighted by atomic mass is 10.0. The van der Waals surface area contributed by atoms with Crippen LogP contribution in [-0.4, -0.2) is 25.0 Å². The smallest absolute Gasteiger partial charge is 0.224 e. The van der Waals surface area contributed by atoms with Gasteiger partial charge in [-0.15, -0.1) is 0 Å². The van der Waals surface area contributed by atoms with Gasteiger partial charge in [-0.25, -0.2) is 0 Å². The van der Waals surface area contributed by atoms with Gasteiger partial charge in [0.25, 0.3) is 0 Å². The summed E-state index contributed by atoms with van der Waals surface area (Å²) >= 11 is 0. The summed E-state index contributed by atoms with van der Waals surface area (Å²) in [4.78, 5) is 11.9. The van der Waals surface area contributed by atoms with E-state index >= 15 is 0 Å². The van der Waals surface area contributed by atoms with Crippen molar-refractivity contribution in [2.75, 3.05) is 13.1 Å². The Kier molecular flexibility index (Phi) is 1.94. The number of hydrogen-bond donors (Lipinski definition) is 2. The molecule has 1 saturated carbocycles. The summed E-state index contributed by atoms with van der Waals surface area (Å²) < 4.78 is 0. The predicted molar refractivity (Wildman–Crippen MR) is 55.9 cm³/mol. The van der Waals surface area contributed by atoms with Gasteiger partial charge in [-0.3, -0.25) is 4.79 Å². The molecular formula is C11H20N2O. The molecule has 0 radical (unpaired) electrons. The van der Waals surface area contributed by atoms with Crippen LogP contribution in [0.3, 0.4) is 0 Å². The van der Waals surface area contributed by atoms with E-state index < -0.39 is 0 Å². The third-order valence-electron chi connectivity index (χ3n) is 4.41. The molecule has 3 heteroatoms. The van der Waals surface area contributed by atoms with Gasteiger partial charge in [-0.2, -0.15) is 0 Å². The monoisotopic (exact) mass is 196 g/mol. The molecule has 1 aliphatic heterocycles. The van der Waals surface area contributed by atoms with Crippen molar-refractivity contribution in [1.29, 1.82) is 0 Å². The lowest BCUT2D eigenvalue weighted by Crippen LogP contribution is -2.57. The van der Waals surface area contributed by atoms with Gasteiger partial charge in [0.05, 0.1) is 6.04 Å². The summed E-state index contributed by atoms with van der Waals surface area (Å²) in [5.41, 5.74) is 0.322. The van der Waals surface area contributed by atoms with E-state index in [4.69, 9.17) is 0 Å². The highest BCUT2D eigenvalue weighted by atomic mass is 16.2. The summed E-state index contributed by atoms with van der Waals surface area (Å²) in [6.45, 7) is 10.6. The second-order valence-corrected chi connectivity index (χ2v) is 5.74. The largest absolute Gasteiger partial charge is 0.351 e. The first-order valence-electron chi connectivity index (χ1n) is 5.38. The maximum absolute atomic E-state index is 11.9. The first-order valence-corrected chi connectivity index (χ1v) is 5.38. The van der Waals surface area contributed by atoms with Crippen molar-refractivity contribution in [3.05, 3.63) is 0 Å². The molecule has 3 nitrogen and oxygen atoms in total. The van der Waals surface area contributed by atoms with Crippen LogP contribution in [0.25, 0.3) is 0 Å². The molecule has 2 N–H and O–H groups in total. The second-order valence-electron chi connectivity index (χ2n) is 5.74. The maximum atomic E-state index is 11.9. The summed E-state index contributed by atoms with van der Waals surface area (Å²) in [5.74, 6) is 0.432. The summed E-state index contributed by atoms with van der Waals surface area (Å²) in [5, 5.41) is 6.24. The van der Waals surface area contributed by atoms with Crippen molar-refractivity contribution in [2.24, 2.45) is 16.7 Å². The van der Waals surface area contributed by atoms with Gasteiger partial charge in [0, 0.05) is 19.0 Å². The minimum atomic E-state index is 0.161. The second kappa shape index (κ2) is 2.72. The Labute approximate surface area is 85.6 Å². The minimum Gasteiger partial charge on any atom is -0.351 e. The standard InChI is InChI=1S/C11H20N2O/c1-10(2)8(11(10,3)4)9(14)13-7-5-12-6-7/h7-8,12H,5-6H2,1-4H3,(H,13,14). The Bertz CT molecular complexity index is 252. The highest BCUT2D eigenvalue weighted by Crippen LogP contribution is 2.68. The zero-order valence-corrected chi connectivity index (χ0v) is 9.48. The molecule has 1 amide bonds. The molecule has 1 saturated heterocycles. The minimum absolute atomic E-state index is 0.161. The van der Waals surface area contributed by atoms with Crippen LogP contribution in [0, 0.1) is 16.7 Å². The van der Waals surface area contributed by atoms with Crippen LogP contribution in [0.2, 0.25) is 0 Å². The Morgan fingerprint density at radius 3 is 2.00 bits per heavy atom. The molecule has 0 aromatic rings. The molecular weight excluding hydrogens is 176 g/mol. The van der Waals surface area contributed by atoms with E-state index in [2.05, 4.69) is 38.3 Å². The number of carbonyl (C=O) groups excluding carboxylic acids is 1. The third kappa shape index (κ3) is 1.18. The Morgan fingerprint density at radius 2 is 1.71 bits per heavy atom. The first kappa shape index (κ1) is 9.97. The average molecular weight is 196 g/mol. The quantitative estimate of drug-likeness (QED) is 0.684. The molecule has 0 spiro atoms. The van der Waals surface area contributed by atoms with Crippen molar-refractivity contribution < 1.29 is 4.79 Å². The zero-order valence-electron chi connectivity index (χ0n) is 9.48. The highest BCUT2D eigenvalue weighted by Gasteiger charge is 2.68. The normalized spacial score (nSPS) is 29.4. The Morgan fingerprint density at radius 1 is 1.21 bits per heavy atom. The van der Waals surface area contributed by atoms with Crippen molar-refractivity contribution in [3.8, 4) is 0 Å². The van der Waals surface area contributed by atoms with E-state index in [1.807, 2.05) is 0 Å². The van der Waals surface area contributed by atoms with Crippen LogP contribution < -0.4 is 10.6 Å². The molecule has 2 rings (SSSR count). The fourth-order valence-corrected chi connectivity index (χ4v) is 2.53. The van der Waals surface area contributed by atoms with Crippen LogP contribution in [0.15, 0.2) is 0 Å². The summed E-state index contributed by atoms with van der Waals surface area (Å²) in [7, 11) is 0. The molecule has 2 fully saturated rings. The highest BCUT2D eigenvalue weighted by molar-refractivity contribution is 5.84. The third-order valence-corrected chi connectivity index (χ3v) is 4.41. The number of hydrogen-bond acceptors (Lipinski definition) is 2.